The van der Waals surface area contributed by atoms with Gasteiger partial charge < -0.3 is 9.84 Å². The number of fused-ring (bicyclic) bond motifs is 1. The van der Waals surface area contributed by atoms with Gasteiger partial charge in [0.1, 0.15) is 6.33 Å². The minimum absolute atomic E-state index is 0.0667. The molecule has 10 nitrogen and oxygen atoms in total. The van der Waals surface area contributed by atoms with Crippen LogP contribution in [0.5, 0.6) is 11.5 Å². The van der Waals surface area contributed by atoms with Crippen molar-refractivity contribution < 1.29 is 19.7 Å². The molecule has 24 heavy (non-hydrogen) atoms. The summed E-state index contributed by atoms with van der Waals surface area (Å²) in [4.78, 5) is 24.7. The summed E-state index contributed by atoms with van der Waals surface area (Å²) < 4.78 is 6.47. The molecule has 0 radical (unpaired) electrons. The van der Waals surface area contributed by atoms with E-state index in [2.05, 4.69) is 4.98 Å². The number of benzene rings is 2. The van der Waals surface area contributed by atoms with Gasteiger partial charge >= 0.3 is 5.69 Å². The number of nitro benzene ring substituents is 2. The summed E-state index contributed by atoms with van der Waals surface area (Å²) in [6.07, 6.45) is 1.38. The van der Waals surface area contributed by atoms with E-state index < -0.39 is 21.3 Å². The average Bonchev–Trinajstić information content (AvgIpc) is 2.97. The molecule has 0 aliphatic carbocycles. The van der Waals surface area contributed by atoms with Gasteiger partial charge in [-0.1, -0.05) is 0 Å². The van der Waals surface area contributed by atoms with Crippen molar-refractivity contribution in [1.29, 1.82) is 0 Å². The van der Waals surface area contributed by atoms with Gasteiger partial charge in [0.05, 0.1) is 33.7 Å². The second-order valence-corrected chi connectivity index (χ2v) is 4.82. The number of nitrogens with zero attached hydrogens (tertiary/aromatic N) is 4. The number of non-ortho nitro benzene ring substituents is 1. The fourth-order valence-electron chi connectivity index (χ4n) is 2.33. The zero-order valence-electron chi connectivity index (χ0n) is 12.2. The number of hydrogen-bond donors (Lipinski definition) is 1. The average molecular weight is 330 g/mol. The number of methoxy groups -OCH3 is 1. The summed E-state index contributed by atoms with van der Waals surface area (Å²) in [5, 5.41) is 31.7. The highest BCUT2D eigenvalue weighted by atomic mass is 16.6. The summed E-state index contributed by atoms with van der Waals surface area (Å²) >= 11 is 0. The van der Waals surface area contributed by atoms with Gasteiger partial charge in [-0.15, -0.1) is 0 Å². The standard InChI is InChI=1S/C14H10N4O6/c1-24-13-6-9(5-12(14(13)19)18(22)23)16-7-15-10-4-8(17(20)21)2-3-11(10)16/h2-7,19H,1H3. The predicted octanol–water partition coefficient (Wildman–Crippen LogP) is 2.56. The number of imidazole rings is 1. The predicted molar refractivity (Wildman–Crippen MR) is 82.6 cm³/mol. The van der Waals surface area contributed by atoms with Crippen molar-refractivity contribution in [3.63, 3.8) is 0 Å². The van der Waals surface area contributed by atoms with E-state index in [0.29, 0.717) is 16.7 Å². The quantitative estimate of drug-likeness (QED) is 0.574. The number of phenolic OH excluding ortho intramolecular Hbond substituents is 1. The summed E-state index contributed by atoms with van der Waals surface area (Å²) in [6.45, 7) is 0. The van der Waals surface area contributed by atoms with E-state index in [0.717, 1.165) is 0 Å². The van der Waals surface area contributed by atoms with Gasteiger partial charge in [0.15, 0.2) is 5.75 Å². The van der Waals surface area contributed by atoms with Crippen molar-refractivity contribution in [1.82, 2.24) is 9.55 Å². The molecule has 0 spiro atoms. The number of aromatic nitrogens is 2. The van der Waals surface area contributed by atoms with Crippen LogP contribution in [0, 0.1) is 20.2 Å². The molecule has 3 rings (SSSR count). The van der Waals surface area contributed by atoms with Gasteiger partial charge in [0.2, 0.25) is 5.75 Å². The summed E-state index contributed by atoms with van der Waals surface area (Å²) in [7, 11) is 1.28. The van der Waals surface area contributed by atoms with Gasteiger partial charge in [0.25, 0.3) is 5.69 Å². The minimum atomic E-state index is -0.731. The SMILES string of the molecule is COc1cc(-n2cnc3cc([N+](=O)[O-])ccc32)cc([N+](=O)[O-])c1O. The second kappa shape index (κ2) is 5.50. The van der Waals surface area contributed by atoms with Gasteiger partial charge in [-0.05, 0) is 6.07 Å². The first-order valence-electron chi connectivity index (χ1n) is 6.59. The molecule has 0 saturated heterocycles. The normalized spacial score (nSPS) is 10.7. The highest BCUT2D eigenvalue weighted by Crippen LogP contribution is 2.38. The number of ether oxygens (including phenoxy) is 1. The summed E-state index contributed by atoms with van der Waals surface area (Å²) in [5.41, 5.74) is 0.573. The lowest BCUT2D eigenvalue weighted by molar-refractivity contribution is -0.385. The molecule has 0 aliphatic rings. The first kappa shape index (κ1) is 15.2. The zero-order chi connectivity index (χ0) is 17.4. The van der Waals surface area contributed by atoms with Crippen molar-refractivity contribution in [3.05, 3.63) is 56.9 Å². The van der Waals surface area contributed by atoms with Crippen LogP contribution in [0.15, 0.2) is 36.7 Å². The Morgan fingerprint density at radius 1 is 1.17 bits per heavy atom. The van der Waals surface area contributed by atoms with Crippen LogP contribution in [-0.4, -0.2) is 31.6 Å². The molecular weight excluding hydrogens is 320 g/mol. The van der Waals surface area contributed by atoms with Crippen molar-refractivity contribution in [2.24, 2.45) is 0 Å². The summed E-state index contributed by atoms with van der Waals surface area (Å²) in [6, 6.07) is 6.68. The molecule has 2 aromatic carbocycles. The maximum absolute atomic E-state index is 11.1. The fraction of sp³-hybridized carbons (Fsp3) is 0.0714. The molecule has 0 unspecified atom stereocenters. The third-order valence-corrected chi connectivity index (χ3v) is 3.48. The van der Waals surface area contributed by atoms with Crippen molar-refractivity contribution in [2.75, 3.05) is 7.11 Å². The van der Waals surface area contributed by atoms with E-state index >= 15 is 0 Å². The molecule has 10 heteroatoms. The van der Waals surface area contributed by atoms with Crippen LogP contribution >= 0.6 is 0 Å². The Bertz CT molecular complexity index is 981. The first-order chi connectivity index (χ1) is 11.4. The van der Waals surface area contributed by atoms with Crippen LogP contribution in [0.1, 0.15) is 0 Å². The lowest BCUT2D eigenvalue weighted by Crippen LogP contribution is -1.98. The Balaban J connectivity index is 2.22. The number of aromatic hydroxyl groups is 1. The summed E-state index contributed by atoms with van der Waals surface area (Å²) in [5.74, 6) is -0.644. The Hall–Kier alpha value is -3.69. The van der Waals surface area contributed by atoms with Gasteiger partial charge in [-0.25, -0.2) is 4.98 Å². The largest absolute Gasteiger partial charge is 0.500 e. The maximum Gasteiger partial charge on any atom is 0.316 e. The van der Waals surface area contributed by atoms with E-state index in [-0.39, 0.29) is 11.4 Å². The van der Waals surface area contributed by atoms with Crippen molar-refractivity contribution in [2.45, 2.75) is 0 Å². The molecule has 3 aromatic rings. The van der Waals surface area contributed by atoms with E-state index in [1.54, 1.807) is 0 Å². The molecule has 0 amide bonds. The number of nitro groups is 2. The molecule has 122 valence electrons. The second-order valence-electron chi connectivity index (χ2n) is 4.82. The van der Waals surface area contributed by atoms with E-state index in [4.69, 9.17) is 4.74 Å². The number of rotatable bonds is 4. The van der Waals surface area contributed by atoms with E-state index in [1.807, 2.05) is 0 Å². The lowest BCUT2D eigenvalue weighted by Gasteiger charge is -2.09. The minimum Gasteiger partial charge on any atom is -0.500 e. The molecule has 0 aliphatic heterocycles. The Kier molecular flexibility index (Phi) is 3.49. The topological polar surface area (TPSA) is 134 Å². The van der Waals surface area contributed by atoms with E-state index in [9.17, 15) is 25.3 Å². The molecule has 1 heterocycles. The molecule has 0 atom stereocenters. The third kappa shape index (κ3) is 2.35. The molecule has 1 N–H and O–H groups in total. The van der Waals surface area contributed by atoms with Crippen LogP contribution in [0.25, 0.3) is 16.7 Å². The van der Waals surface area contributed by atoms with Crippen LogP contribution in [0.3, 0.4) is 0 Å². The van der Waals surface area contributed by atoms with Crippen molar-refractivity contribution >= 4 is 22.4 Å². The molecular formula is C14H10N4O6. The van der Waals surface area contributed by atoms with Crippen molar-refractivity contribution in [3.8, 4) is 17.2 Å². The van der Waals surface area contributed by atoms with Gasteiger partial charge in [-0.3, -0.25) is 24.8 Å². The third-order valence-electron chi connectivity index (χ3n) is 3.48. The lowest BCUT2D eigenvalue weighted by atomic mass is 10.2. The zero-order valence-corrected chi connectivity index (χ0v) is 12.2. The smallest absolute Gasteiger partial charge is 0.316 e. The molecule has 0 saturated carbocycles. The number of hydrogen-bond acceptors (Lipinski definition) is 7. The molecule has 1 aromatic heterocycles. The van der Waals surface area contributed by atoms with Gasteiger partial charge in [-0.2, -0.15) is 0 Å². The van der Waals surface area contributed by atoms with Crippen LogP contribution < -0.4 is 4.74 Å². The highest BCUT2D eigenvalue weighted by Gasteiger charge is 2.21. The molecule has 0 bridgehead atoms. The molecule has 0 fully saturated rings. The number of phenols is 1. The monoisotopic (exact) mass is 330 g/mol. The van der Waals surface area contributed by atoms with E-state index in [1.165, 1.54) is 48.3 Å². The Labute approximate surface area is 133 Å². The Morgan fingerprint density at radius 3 is 2.54 bits per heavy atom. The highest BCUT2D eigenvalue weighted by molar-refractivity contribution is 5.80. The maximum atomic E-state index is 11.1. The fourth-order valence-corrected chi connectivity index (χ4v) is 2.33. The van der Waals surface area contributed by atoms with Crippen LogP contribution in [0.2, 0.25) is 0 Å². The van der Waals surface area contributed by atoms with Crippen LogP contribution in [0.4, 0.5) is 11.4 Å². The Morgan fingerprint density at radius 2 is 1.92 bits per heavy atom. The van der Waals surface area contributed by atoms with Crippen LogP contribution in [-0.2, 0) is 0 Å². The van der Waals surface area contributed by atoms with Gasteiger partial charge in [0, 0.05) is 24.3 Å². The first-order valence-corrected chi connectivity index (χ1v) is 6.59.